The Balaban J connectivity index is -0.000000122. The van der Waals surface area contributed by atoms with E-state index >= 15 is 0 Å². The zero-order valence-corrected chi connectivity index (χ0v) is 30.5. The van der Waals surface area contributed by atoms with Crippen molar-refractivity contribution in [2.45, 2.75) is 163 Å². The molecule has 228 valence electrons. The van der Waals surface area contributed by atoms with Crippen molar-refractivity contribution in [2.24, 2.45) is 45.3 Å². The van der Waals surface area contributed by atoms with Crippen molar-refractivity contribution >= 4 is 0 Å². The van der Waals surface area contributed by atoms with Crippen LogP contribution in [0.5, 0.6) is 0 Å². The molecule has 0 rings (SSSR count). The average molecular weight is 569 g/mol. The summed E-state index contributed by atoms with van der Waals surface area (Å²) in [5.74, 6) is 2.16. The Morgan fingerprint density at radius 2 is 0.378 bits per heavy atom. The first kappa shape index (κ1) is 47.3. The molecule has 4 nitrogen and oxygen atoms in total. The Labute approximate surface area is 249 Å². The smallest absolute Gasteiger partial charge is 0.0565 e. The molecule has 0 heterocycles. The second kappa shape index (κ2) is 19.6. The predicted molar refractivity (Wildman–Crippen MR) is 161 cm³/mol. The summed E-state index contributed by atoms with van der Waals surface area (Å²) in [6.45, 7) is 41.1. The third kappa shape index (κ3) is 18.5. The number of aliphatic hydroxyl groups is 4. The fourth-order valence-electron chi connectivity index (χ4n) is 1.93. The Hall–Kier alpha value is 0.554. The molecule has 4 atom stereocenters. The Kier molecular flexibility index (Phi) is 25.1. The largest absolute Gasteiger partial charge is 0.393 e. The summed E-state index contributed by atoms with van der Waals surface area (Å²) in [6.07, 6.45) is -0.843. The van der Waals surface area contributed by atoms with Gasteiger partial charge in [-0.3, -0.25) is 0 Å². The zero-order valence-electron chi connectivity index (χ0n) is 28.9. The van der Waals surface area contributed by atoms with Gasteiger partial charge in [0.25, 0.3) is 0 Å². The van der Waals surface area contributed by atoms with Crippen LogP contribution in [0.3, 0.4) is 0 Å². The van der Waals surface area contributed by atoms with E-state index in [1.54, 1.807) is 0 Å². The minimum Gasteiger partial charge on any atom is -0.393 e. The summed E-state index contributed by atoms with van der Waals surface area (Å²) >= 11 is 0. The number of hydrogen-bond donors (Lipinski definition) is 4. The van der Waals surface area contributed by atoms with Crippen molar-refractivity contribution < 1.29 is 42.1 Å². The molecule has 0 aromatic carbocycles. The van der Waals surface area contributed by atoms with E-state index in [9.17, 15) is 20.4 Å². The molecular weight excluding hydrogens is 496 g/mol. The van der Waals surface area contributed by atoms with E-state index < -0.39 is 0 Å². The minimum absolute atomic E-state index is 0. The topological polar surface area (TPSA) is 80.9 Å². The third-order valence-corrected chi connectivity index (χ3v) is 10.3. The van der Waals surface area contributed by atoms with Crippen LogP contribution in [0.25, 0.3) is 0 Å². The van der Waals surface area contributed by atoms with Crippen LogP contribution in [-0.2, 0) is 21.7 Å². The maximum Gasteiger partial charge on any atom is 0.0565 e. The molecule has 37 heavy (non-hydrogen) atoms. The van der Waals surface area contributed by atoms with Gasteiger partial charge < -0.3 is 20.4 Å². The summed E-state index contributed by atoms with van der Waals surface area (Å²) in [5, 5.41) is 37.0. The Bertz CT molecular complexity index is 393. The van der Waals surface area contributed by atoms with Gasteiger partial charge in [-0.05, 0) is 73.0 Å². The maximum atomic E-state index is 9.25. The summed E-state index contributed by atoms with van der Waals surface area (Å²) in [6, 6.07) is 0. The molecule has 0 saturated carbocycles. The van der Waals surface area contributed by atoms with Crippen molar-refractivity contribution in [2.75, 3.05) is 0 Å². The van der Waals surface area contributed by atoms with Gasteiger partial charge in [0, 0.05) is 21.7 Å². The van der Waals surface area contributed by atoms with Crippen LogP contribution < -0.4 is 0 Å². The molecule has 0 fully saturated rings. The maximum absolute atomic E-state index is 9.25. The van der Waals surface area contributed by atoms with Crippen molar-refractivity contribution in [1.29, 1.82) is 0 Å². The van der Waals surface area contributed by atoms with E-state index in [2.05, 4.69) is 111 Å². The molecule has 0 bridgehead atoms. The Morgan fingerprint density at radius 1 is 0.297 bits per heavy atom. The van der Waals surface area contributed by atoms with E-state index in [1.807, 2.05) is 27.7 Å². The molecule has 0 aromatic heterocycles. The number of rotatable bonds is 8. The second-order valence-electron chi connectivity index (χ2n) is 14.6. The molecule has 4 N–H and O–H groups in total. The third-order valence-electron chi connectivity index (χ3n) is 10.3. The molecule has 0 aliphatic heterocycles. The van der Waals surface area contributed by atoms with Crippen LogP contribution in [0.1, 0.15) is 138 Å². The van der Waals surface area contributed by atoms with E-state index in [-0.39, 0.29) is 67.8 Å². The fraction of sp³-hybridized carbons (Fsp3) is 1.00. The van der Waals surface area contributed by atoms with Crippen LogP contribution in [0.15, 0.2) is 0 Å². The molecule has 0 aliphatic carbocycles. The van der Waals surface area contributed by atoms with Crippen molar-refractivity contribution in [3.8, 4) is 0 Å². The van der Waals surface area contributed by atoms with E-state index in [1.165, 1.54) is 0 Å². The van der Waals surface area contributed by atoms with Gasteiger partial charge in [0.2, 0.25) is 0 Å². The Morgan fingerprint density at radius 3 is 0.378 bits per heavy atom. The summed E-state index contributed by atoms with van der Waals surface area (Å²) in [5.41, 5.74) is 0.222. The monoisotopic (exact) mass is 568 g/mol. The van der Waals surface area contributed by atoms with E-state index in [4.69, 9.17) is 0 Å². The molecule has 0 amide bonds. The molecule has 5 heteroatoms. The molecule has 0 saturated heterocycles. The molecular formula is C32H72O4Ti. The van der Waals surface area contributed by atoms with Crippen molar-refractivity contribution in [1.82, 2.24) is 0 Å². The summed E-state index contributed by atoms with van der Waals surface area (Å²) < 4.78 is 0. The predicted octanol–water partition coefficient (Wildman–Crippen LogP) is 8.20. The normalized spacial score (nSPS) is 15.9. The molecule has 4 unspecified atom stereocenters. The van der Waals surface area contributed by atoms with Gasteiger partial charge >= 0.3 is 0 Å². The van der Waals surface area contributed by atoms with Crippen LogP contribution in [0, 0.1) is 45.3 Å². The van der Waals surface area contributed by atoms with E-state index in [0.29, 0.717) is 23.7 Å². The molecule has 0 aromatic rings. The van der Waals surface area contributed by atoms with E-state index in [0.717, 1.165) is 0 Å². The van der Waals surface area contributed by atoms with Gasteiger partial charge in [-0.15, -0.1) is 0 Å². The summed E-state index contributed by atoms with van der Waals surface area (Å²) in [4.78, 5) is 0. The van der Waals surface area contributed by atoms with Gasteiger partial charge in [0.1, 0.15) is 0 Å². The van der Waals surface area contributed by atoms with Crippen LogP contribution in [0.2, 0.25) is 0 Å². The zero-order chi connectivity index (χ0) is 30.6. The first-order valence-electron chi connectivity index (χ1n) is 14.3. The molecule has 0 radical (unpaired) electrons. The first-order chi connectivity index (χ1) is 15.5. The summed E-state index contributed by atoms with van der Waals surface area (Å²) in [7, 11) is 0. The molecule has 0 spiro atoms. The molecule has 0 aliphatic rings. The van der Waals surface area contributed by atoms with Crippen LogP contribution in [-0.4, -0.2) is 44.8 Å². The second-order valence-corrected chi connectivity index (χ2v) is 14.6. The standard InChI is InChI=1S/4C8H18O.Ti/c4*1-6(2)8(4,5)7(3)9;/h4*6-7,9H,1-5H3;. The van der Waals surface area contributed by atoms with Crippen LogP contribution >= 0.6 is 0 Å². The van der Waals surface area contributed by atoms with Gasteiger partial charge in [-0.1, -0.05) is 111 Å². The fourth-order valence-corrected chi connectivity index (χ4v) is 1.93. The van der Waals surface area contributed by atoms with Gasteiger partial charge in [0.15, 0.2) is 0 Å². The van der Waals surface area contributed by atoms with Crippen molar-refractivity contribution in [3.63, 3.8) is 0 Å². The van der Waals surface area contributed by atoms with Gasteiger partial charge in [0.05, 0.1) is 24.4 Å². The van der Waals surface area contributed by atoms with Gasteiger partial charge in [-0.25, -0.2) is 0 Å². The number of aliphatic hydroxyl groups excluding tert-OH is 4. The minimum atomic E-state index is -0.211. The van der Waals surface area contributed by atoms with Gasteiger partial charge in [-0.2, -0.15) is 0 Å². The van der Waals surface area contributed by atoms with Crippen LogP contribution in [0.4, 0.5) is 0 Å². The number of hydrogen-bond acceptors (Lipinski definition) is 4. The quantitative estimate of drug-likeness (QED) is 0.223. The first-order valence-corrected chi connectivity index (χ1v) is 14.3. The van der Waals surface area contributed by atoms with Crippen molar-refractivity contribution in [3.05, 3.63) is 0 Å². The SMILES string of the molecule is CC(C)C(C)(C)C(C)O.CC(C)C(C)(C)C(C)O.CC(C)C(C)(C)C(C)O.CC(C)C(C)(C)C(C)O.[Ti]. The average Bonchev–Trinajstić information content (AvgIpc) is 2.68.